The van der Waals surface area contributed by atoms with Gasteiger partial charge in [0.2, 0.25) is 5.95 Å². The van der Waals surface area contributed by atoms with Gasteiger partial charge in [0, 0.05) is 93.0 Å². The fourth-order valence-electron chi connectivity index (χ4n) is 3.96. The van der Waals surface area contributed by atoms with Gasteiger partial charge in [-0.1, -0.05) is 18.2 Å². The Balaban J connectivity index is 1.45. The van der Waals surface area contributed by atoms with Crippen LogP contribution >= 0.6 is 0 Å². The van der Waals surface area contributed by atoms with Crippen molar-refractivity contribution in [3.05, 3.63) is 48.4 Å². The molecule has 0 saturated carbocycles. The fourth-order valence-corrected chi connectivity index (χ4v) is 3.96. The Morgan fingerprint density at radius 3 is 2.37 bits per heavy atom. The summed E-state index contributed by atoms with van der Waals surface area (Å²) in [4.78, 5) is 20.4. The predicted molar refractivity (Wildman–Crippen MR) is 124 cm³/mol. The highest BCUT2D eigenvalue weighted by atomic mass is 15.3. The summed E-state index contributed by atoms with van der Waals surface area (Å²) in [5, 5.41) is 7.67. The summed E-state index contributed by atoms with van der Waals surface area (Å²) in [5.74, 6) is 0.717. The first-order valence-electron chi connectivity index (χ1n) is 10.4. The van der Waals surface area contributed by atoms with Gasteiger partial charge in [-0.05, 0) is 19.1 Å². The third-order valence-corrected chi connectivity index (χ3v) is 5.50. The number of aromatic nitrogens is 2. The lowest BCUT2D eigenvalue weighted by Gasteiger charge is -2.38. The number of para-hydroxylation sites is 1. The second-order valence-corrected chi connectivity index (χ2v) is 8.06. The molecule has 2 aliphatic rings. The molecule has 0 unspecified atom stereocenters. The van der Waals surface area contributed by atoms with Crippen LogP contribution in [0.2, 0.25) is 0 Å². The molecule has 1 fully saturated rings. The molecule has 0 spiro atoms. The number of nitrogens with zero attached hydrogens (tertiary/aromatic N) is 6. The van der Waals surface area contributed by atoms with E-state index in [-0.39, 0.29) is 0 Å². The molecule has 2 aliphatic heterocycles. The van der Waals surface area contributed by atoms with Crippen LogP contribution in [0.25, 0.3) is 11.1 Å². The van der Waals surface area contributed by atoms with Gasteiger partial charge in [0.15, 0.2) is 0 Å². The summed E-state index contributed by atoms with van der Waals surface area (Å²) in [6.07, 6.45) is 6.65. The van der Waals surface area contributed by atoms with Gasteiger partial charge < -0.3 is 20.1 Å². The Labute approximate surface area is 178 Å². The average molecular weight is 404 g/mol. The summed E-state index contributed by atoms with van der Waals surface area (Å²) in [5.41, 5.74) is 6.42. The molecule has 0 radical (unpaired) electrons. The molecule has 0 aliphatic carbocycles. The Morgan fingerprint density at radius 2 is 1.70 bits per heavy atom. The van der Waals surface area contributed by atoms with E-state index in [4.69, 9.17) is 5.41 Å². The van der Waals surface area contributed by atoms with Gasteiger partial charge in [0.1, 0.15) is 0 Å². The van der Waals surface area contributed by atoms with Crippen molar-refractivity contribution in [1.82, 2.24) is 14.9 Å². The number of nitrogens with one attached hydrogen (secondary N) is 1. The summed E-state index contributed by atoms with van der Waals surface area (Å²) < 4.78 is 0. The van der Waals surface area contributed by atoms with E-state index in [1.54, 1.807) is 0 Å². The molecule has 0 amide bonds. The van der Waals surface area contributed by atoms with Crippen molar-refractivity contribution in [3.8, 4) is 11.1 Å². The van der Waals surface area contributed by atoms with Gasteiger partial charge in [0.05, 0.1) is 6.54 Å². The summed E-state index contributed by atoms with van der Waals surface area (Å²) in [7, 11) is 3.89. The smallest absolute Gasteiger partial charge is 0.224 e. The first kappa shape index (κ1) is 20.1. The molecule has 1 saturated heterocycles. The Kier molecular flexibility index (Phi) is 5.79. The zero-order valence-corrected chi connectivity index (χ0v) is 18.0. The molecule has 156 valence electrons. The van der Waals surface area contributed by atoms with Gasteiger partial charge in [-0.15, -0.1) is 0 Å². The number of anilines is 2. The van der Waals surface area contributed by atoms with Crippen LogP contribution in [0.4, 0.5) is 11.6 Å². The number of rotatable bonds is 6. The van der Waals surface area contributed by atoms with Gasteiger partial charge in [0.25, 0.3) is 0 Å². The molecule has 4 rings (SSSR count). The molecular weight excluding hydrogens is 374 g/mol. The van der Waals surface area contributed by atoms with Gasteiger partial charge in [-0.2, -0.15) is 0 Å². The van der Waals surface area contributed by atoms with Crippen molar-refractivity contribution in [2.24, 2.45) is 4.99 Å². The molecule has 30 heavy (non-hydrogen) atoms. The SMILES string of the molecule is CC(=N)CC1=NCC(N2CCN(c3ccccc3-c3cnc(N(C)C)nc3)CC2)=C1. The van der Waals surface area contributed by atoms with E-state index >= 15 is 0 Å². The lowest BCUT2D eigenvalue weighted by molar-refractivity contribution is 0.320. The minimum atomic E-state index is 0.658. The standard InChI is InChI=1S/C23H29N7/c1-17(24)12-19-13-20(16-25-19)29-8-10-30(11-9-29)22-7-5-4-6-21(22)18-14-26-23(27-15-18)28(2)3/h4-7,13-15,24H,8-12,16H2,1-3H3. The highest BCUT2D eigenvalue weighted by molar-refractivity contribution is 6.09. The molecule has 1 aromatic carbocycles. The Morgan fingerprint density at radius 1 is 1.03 bits per heavy atom. The number of hydrogen-bond acceptors (Lipinski definition) is 7. The largest absolute Gasteiger partial charge is 0.370 e. The molecule has 0 atom stereocenters. The van der Waals surface area contributed by atoms with Crippen LogP contribution < -0.4 is 9.80 Å². The molecule has 7 nitrogen and oxygen atoms in total. The summed E-state index contributed by atoms with van der Waals surface area (Å²) in [6, 6.07) is 8.50. The van der Waals surface area contributed by atoms with Crippen molar-refractivity contribution in [1.29, 1.82) is 5.41 Å². The second-order valence-electron chi connectivity index (χ2n) is 8.06. The molecule has 2 aromatic rings. The molecule has 0 bridgehead atoms. The maximum Gasteiger partial charge on any atom is 0.224 e. The van der Waals surface area contributed by atoms with Crippen LogP contribution in [0.1, 0.15) is 13.3 Å². The van der Waals surface area contributed by atoms with Crippen molar-refractivity contribution in [2.45, 2.75) is 13.3 Å². The van der Waals surface area contributed by atoms with E-state index in [2.05, 4.69) is 55.1 Å². The van der Waals surface area contributed by atoms with Crippen molar-refractivity contribution < 1.29 is 0 Å². The van der Waals surface area contributed by atoms with Crippen molar-refractivity contribution in [2.75, 3.05) is 56.6 Å². The van der Waals surface area contributed by atoms with E-state index in [9.17, 15) is 0 Å². The fraction of sp³-hybridized carbons (Fsp3) is 0.391. The highest BCUT2D eigenvalue weighted by Crippen LogP contribution is 2.31. The van der Waals surface area contributed by atoms with Gasteiger partial charge >= 0.3 is 0 Å². The number of piperazine rings is 1. The van der Waals surface area contributed by atoms with Gasteiger partial charge in [-0.3, -0.25) is 4.99 Å². The van der Waals surface area contributed by atoms with Gasteiger partial charge in [-0.25, -0.2) is 9.97 Å². The lowest BCUT2D eigenvalue weighted by atomic mass is 10.1. The maximum absolute atomic E-state index is 7.67. The van der Waals surface area contributed by atoms with Crippen LogP contribution in [-0.2, 0) is 0 Å². The quantitative estimate of drug-likeness (QED) is 0.751. The van der Waals surface area contributed by atoms with Crippen LogP contribution in [0.15, 0.2) is 53.4 Å². The molecule has 3 heterocycles. The molecular formula is C23H29N7. The van der Waals surface area contributed by atoms with E-state index in [1.807, 2.05) is 38.3 Å². The predicted octanol–water partition coefficient (Wildman–Crippen LogP) is 3.10. The number of allylic oxidation sites excluding steroid dienone is 1. The normalized spacial score (nSPS) is 16.4. The molecule has 1 N–H and O–H groups in total. The van der Waals surface area contributed by atoms with Crippen LogP contribution in [0, 0.1) is 5.41 Å². The zero-order valence-electron chi connectivity index (χ0n) is 18.0. The molecule has 7 heteroatoms. The first-order valence-corrected chi connectivity index (χ1v) is 10.4. The first-order chi connectivity index (χ1) is 14.5. The highest BCUT2D eigenvalue weighted by Gasteiger charge is 2.23. The third-order valence-electron chi connectivity index (χ3n) is 5.50. The van der Waals surface area contributed by atoms with Crippen LogP contribution in [0.5, 0.6) is 0 Å². The van der Waals surface area contributed by atoms with Crippen LogP contribution in [-0.4, -0.2) is 73.1 Å². The van der Waals surface area contributed by atoms with Crippen LogP contribution in [0.3, 0.4) is 0 Å². The van der Waals surface area contributed by atoms with E-state index in [0.717, 1.165) is 49.9 Å². The maximum atomic E-state index is 7.67. The minimum Gasteiger partial charge on any atom is -0.370 e. The summed E-state index contributed by atoms with van der Waals surface area (Å²) in [6.45, 7) is 6.46. The second kappa shape index (κ2) is 8.65. The van der Waals surface area contributed by atoms with Crippen molar-refractivity contribution in [3.63, 3.8) is 0 Å². The lowest BCUT2D eigenvalue weighted by Crippen LogP contribution is -2.46. The summed E-state index contributed by atoms with van der Waals surface area (Å²) >= 11 is 0. The van der Waals surface area contributed by atoms with E-state index in [0.29, 0.717) is 12.1 Å². The Bertz CT molecular complexity index is 967. The average Bonchev–Trinajstić information content (AvgIpc) is 3.22. The van der Waals surface area contributed by atoms with E-state index < -0.39 is 0 Å². The zero-order chi connectivity index (χ0) is 21.1. The molecule has 1 aromatic heterocycles. The number of benzene rings is 1. The topological polar surface area (TPSA) is 71.7 Å². The number of aliphatic imine (C=N–C) groups is 1. The van der Waals surface area contributed by atoms with Crippen molar-refractivity contribution >= 4 is 23.1 Å². The van der Waals surface area contributed by atoms with E-state index in [1.165, 1.54) is 16.9 Å². The Hall–Kier alpha value is -3.22. The number of hydrogen-bond donors (Lipinski definition) is 1. The monoisotopic (exact) mass is 403 g/mol. The minimum absolute atomic E-state index is 0.658. The third kappa shape index (κ3) is 4.35.